The molecule has 1 N–H and O–H groups in total. The molecule has 2 aliphatic rings. The average molecular weight is 476 g/mol. The zero-order valence-electron chi connectivity index (χ0n) is 20.7. The van der Waals surface area contributed by atoms with Gasteiger partial charge in [-0.05, 0) is 69.8 Å². The molecule has 0 radical (unpaired) electrons. The van der Waals surface area contributed by atoms with Gasteiger partial charge in [-0.2, -0.15) is 0 Å². The summed E-state index contributed by atoms with van der Waals surface area (Å²) in [5, 5.41) is 11.2. The number of carbonyl (C=O) groups excluding carboxylic acids is 1. The molecule has 2 aliphatic heterocycles. The summed E-state index contributed by atoms with van der Waals surface area (Å²) in [6, 6.07) is 11.0. The molecular weight excluding hydrogens is 442 g/mol. The molecule has 3 aromatic rings. The van der Waals surface area contributed by atoms with Crippen LogP contribution in [0.2, 0.25) is 0 Å². The first-order valence-electron chi connectivity index (χ1n) is 12.3. The topological polar surface area (TPSA) is 67.2 Å². The van der Waals surface area contributed by atoms with Crippen molar-refractivity contribution in [2.24, 2.45) is 0 Å². The van der Waals surface area contributed by atoms with E-state index >= 15 is 0 Å². The van der Waals surface area contributed by atoms with E-state index in [0.717, 1.165) is 80.0 Å². The smallest absolute Gasteiger partial charge is 0.235 e. The van der Waals surface area contributed by atoms with Crippen LogP contribution in [0.3, 0.4) is 0 Å². The van der Waals surface area contributed by atoms with Crippen molar-refractivity contribution in [3.63, 3.8) is 0 Å². The lowest BCUT2D eigenvalue weighted by Gasteiger charge is -2.32. The van der Waals surface area contributed by atoms with E-state index in [2.05, 4.69) is 34.4 Å². The van der Waals surface area contributed by atoms with E-state index in [1.54, 1.807) is 25.3 Å². The number of allylic oxidation sites excluding steroid dienone is 1. The predicted octanol–water partition coefficient (Wildman–Crippen LogP) is 4.31. The van der Waals surface area contributed by atoms with Crippen LogP contribution in [0.1, 0.15) is 34.5 Å². The minimum Gasteiger partial charge on any atom is -0.507 e. The van der Waals surface area contributed by atoms with Crippen molar-refractivity contribution >= 4 is 22.8 Å². The number of hydrogen-bond acceptors (Lipinski definition) is 6. The van der Waals surface area contributed by atoms with Gasteiger partial charge in [0.2, 0.25) is 5.78 Å². The second-order valence-electron chi connectivity index (χ2n) is 9.48. The minimum atomic E-state index is -0.298. The lowest BCUT2D eigenvalue weighted by molar-refractivity contribution is 0.101. The number of ketones is 1. The van der Waals surface area contributed by atoms with Crippen LogP contribution in [0.5, 0.6) is 17.2 Å². The number of aromatic hydroxyl groups is 1. The number of Topliss-reactive ketones (excluding diaryl/α,β-unsaturated/α-hetero) is 1. The highest BCUT2D eigenvalue weighted by Gasteiger charge is 2.31. The largest absolute Gasteiger partial charge is 0.507 e. The Labute approximate surface area is 206 Å². The number of aryl methyl sites for hydroxylation is 1. The monoisotopic (exact) mass is 475 g/mol. The molecule has 3 heterocycles. The molecular formula is C28H33N3O4. The van der Waals surface area contributed by atoms with Crippen LogP contribution in [-0.4, -0.2) is 72.1 Å². The molecule has 0 amide bonds. The molecule has 1 saturated heterocycles. The fraction of sp³-hybridized carbons (Fsp3) is 0.393. The molecule has 0 aliphatic carbocycles. The molecule has 0 saturated carbocycles. The van der Waals surface area contributed by atoms with Crippen LogP contribution < -0.4 is 9.47 Å². The fourth-order valence-corrected chi connectivity index (χ4v) is 5.11. The Hall–Kier alpha value is -3.29. The van der Waals surface area contributed by atoms with Crippen LogP contribution in [0.15, 0.2) is 42.2 Å². The highest BCUT2D eigenvalue weighted by Crippen LogP contribution is 2.39. The minimum absolute atomic E-state index is 0.0583. The second kappa shape index (κ2) is 9.76. The van der Waals surface area contributed by atoms with Gasteiger partial charge in [-0.25, -0.2) is 0 Å². The molecule has 7 nitrogen and oxygen atoms in total. The van der Waals surface area contributed by atoms with Crippen LogP contribution in [0.4, 0.5) is 0 Å². The average Bonchev–Trinajstić information content (AvgIpc) is 3.32. The number of piperazine rings is 1. The third-order valence-electron chi connectivity index (χ3n) is 7.23. The SMILES string of the molecule is COc1ccc2c(c1)c(C=C1Oc3cccc(O)c3C1=O)c(C)n2CCCCN1CCN(C)CC1. The van der Waals surface area contributed by atoms with Crippen molar-refractivity contribution in [3.8, 4) is 17.2 Å². The number of likely N-dealkylation sites (N-methyl/N-ethyl adjacent to an activating group) is 1. The fourth-order valence-electron chi connectivity index (χ4n) is 5.11. The van der Waals surface area contributed by atoms with Crippen LogP contribution in [0.25, 0.3) is 17.0 Å². The second-order valence-corrected chi connectivity index (χ2v) is 9.48. The van der Waals surface area contributed by atoms with Crippen LogP contribution in [0, 0.1) is 6.92 Å². The van der Waals surface area contributed by atoms with Crippen molar-refractivity contribution < 1.29 is 19.4 Å². The predicted molar refractivity (Wildman–Crippen MR) is 137 cm³/mol. The summed E-state index contributed by atoms with van der Waals surface area (Å²) in [5.74, 6) is 1.03. The summed E-state index contributed by atoms with van der Waals surface area (Å²) < 4.78 is 13.7. The highest BCUT2D eigenvalue weighted by atomic mass is 16.5. The van der Waals surface area contributed by atoms with E-state index in [0.29, 0.717) is 5.75 Å². The van der Waals surface area contributed by atoms with Gasteiger partial charge in [0.05, 0.1) is 7.11 Å². The Balaban J connectivity index is 1.40. The number of carbonyl (C=O) groups is 1. The quantitative estimate of drug-likeness (QED) is 0.406. The third kappa shape index (κ3) is 4.54. The summed E-state index contributed by atoms with van der Waals surface area (Å²) in [6.07, 6.45) is 4.03. The normalized spacial score (nSPS) is 17.8. The van der Waals surface area contributed by atoms with Crippen molar-refractivity contribution in [2.75, 3.05) is 46.9 Å². The number of aromatic nitrogens is 1. The zero-order chi connectivity index (χ0) is 24.5. The number of hydrogen-bond donors (Lipinski definition) is 1. The van der Waals surface area contributed by atoms with Gasteiger partial charge in [0.25, 0.3) is 0 Å². The van der Waals surface area contributed by atoms with E-state index in [-0.39, 0.29) is 22.9 Å². The standard InChI is InChI=1S/C28H33N3O4/c1-19-21(18-26-28(33)27-24(32)7-6-8-25(27)35-26)22-17-20(34-3)9-10-23(22)31(19)12-5-4-11-30-15-13-29(2)14-16-30/h6-10,17-18,32H,4-5,11-16H2,1-3H3. The van der Waals surface area contributed by atoms with Gasteiger partial charge in [0.1, 0.15) is 22.8 Å². The molecule has 5 rings (SSSR count). The van der Waals surface area contributed by atoms with Gasteiger partial charge in [0, 0.05) is 54.9 Å². The first-order chi connectivity index (χ1) is 17.0. The van der Waals surface area contributed by atoms with E-state index in [9.17, 15) is 9.90 Å². The van der Waals surface area contributed by atoms with Gasteiger partial charge < -0.3 is 28.9 Å². The lowest BCUT2D eigenvalue weighted by atomic mass is 10.1. The number of rotatable bonds is 7. The Morgan fingerprint density at radius 3 is 2.60 bits per heavy atom. The summed E-state index contributed by atoms with van der Waals surface area (Å²) in [5.41, 5.74) is 3.35. The molecule has 2 aromatic carbocycles. The highest BCUT2D eigenvalue weighted by molar-refractivity contribution is 6.16. The Morgan fingerprint density at radius 1 is 1.09 bits per heavy atom. The van der Waals surface area contributed by atoms with E-state index in [1.807, 2.05) is 12.1 Å². The molecule has 1 aromatic heterocycles. The maximum absolute atomic E-state index is 13.0. The van der Waals surface area contributed by atoms with Gasteiger partial charge in [0.15, 0.2) is 5.76 Å². The third-order valence-corrected chi connectivity index (χ3v) is 7.23. The van der Waals surface area contributed by atoms with Crippen molar-refractivity contribution in [1.82, 2.24) is 14.4 Å². The number of methoxy groups -OCH3 is 1. The van der Waals surface area contributed by atoms with Crippen molar-refractivity contribution in [2.45, 2.75) is 26.3 Å². The number of phenols is 1. The molecule has 35 heavy (non-hydrogen) atoms. The number of fused-ring (bicyclic) bond motifs is 2. The summed E-state index contributed by atoms with van der Waals surface area (Å²) in [6.45, 7) is 8.69. The maximum Gasteiger partial charge on any atom is 0.235 e. The van der Waals surface area contributed by atoms with Crippen LogP contribution >= 0.6 is 0 Å². The number of phenolic OH excluding ortho intramolecular Hbond substituents is 1. The Kier molecular flexibility index (Phi) is 6.54. The molecule has 0 bridgehead atoms. The Morgan fingerprint density at radius 2 is 1.86 bits per heavy atom. The lowest BCUT2D eigenvalue weighted by Crippen LogP contribution is -2.44. The van der Waals surface area contributed by atoms with Gasteiger partial charge in [-0.1, -0.05) is 6.07 Å². The number of benzene rings is 2. The van der Waals surface area contributed by atoms with Gasteiger partial charge in [-0.3, -0.25) is 4.79 Å². The molecule has 0 spiro atoms. The first-order valence-corrected chi connectivity index (χ1v) is 12.3. The van der Waals surface area contributed by atoms with Crippen molar-refractivity contribution in [1.29, 1.82) is 0 Å². The zero-order valence-corrected chi connectivity index (χ0v) is 20.7. The molecule has 0 atom stereocenters. The van der Waals surface area contributed by atoms with Gasteiger partial charge >= 0.3 is 0 Å². The summed E-state index contributed by atoms with van der Waals surface area (Å²) in [4.78, 5) is 17.9. The van der Waals surface area contributed by atoms with E-state index in [4.69, 9.17) is 9.47 Å². The molecule has 7 heteroatoms. The van der Waals surface area contributed by atoms with E-state index < -0.39 is 0 Å². The molecule has 184 valence electrons. The number of nitrogens with zero attached hydrogens (tertiary/aromatic N) is 3. The summed E-state index contributed by atoms with van der Waals surface area (Å²) >= 11 is 0. The first kappa shape index (κ1) is 23.5. The molecule has 1 fully saturated rings. The van der Waals surface area contributed by atoms with E-state index in [1.165, 1.54) is 6.07 Å². The van der Waals surface area contributed by atoms with Crippen LogP contribution in [-0.2, 0) is 6.54 Å². The van der Waals surface area contributed by atoms with Crippen molar-refractivity contribution in [3.05, 3.63) is 59.0 Å². The number of ether oxygens (including phenoxy) is 2. The van der Waals surface area contributed by atoms with Gasteiger partial charge in [-0.15, -0.1) is 0 Å². The number of unbranched alkanes of at least 4 members (excludes halogenated alkanes) is 1. The molecule has 0 unspecified atom stereocenters. The maximum atomic E-state index is 13.0. The summed E-state index contributed by atoms with van der Waals surface area (Å²) in [7, 11) is 3.84. The Bertz CT molecular complexity index is 1290.